The number of rotatable bonds is 3. The van der Waals surface area contributed by atoms with Gasteiger partial charge in [0.25, 0.3) is 0 Å². The van der Waals surface area contributed by atoms with E-state index < -0.39 is 0 Å². The van der Waals surface area contributed by atoms with E-state index in [-0.39, 0.29) is 5.82 Å². The van der Waals surface area contributed by atoms with Crippen LogP contribution in [0.1, 0.15) is 6.92 Å². The smallest absolute Gasteiger partial charge is 0.156 e. The van der Waals surface area contributed by atoms with Gasteiger partial charge >= 0.3 is 0 Å². The molecule has 1 aromatic carbocycles. The molecule has 0 saturated heterocycles. The molecule has 3 nitrogen and oxygen atoms in total. The summed E-state index contributed by atoms with van der Waals surface area (Å²) in [5.41, 5.74) is 7.20. The monoisotopic (exact) mass is 231 g/mol. The second kappa shape index (κ2) is 4.82. The molecule has 0 radical (unpaired) electrons. The molecule has 0 spiro atoms. The van der Waals surface area contributed by atoms with E-state index in [4.69, 9.17) is 5.73 Å². The first-order valence-corrected chi connectivity index (χ1v) is 5.46. The van der Waals surface area contributed by atoms with Gasteiger partial charge in [-0.1, -0.05) is 6.07 Å². The summed E-state index contributed by atoms with van der Waals surface area (Å²) in [7, 11) is 0. The lowest BCUT2D eigenvalue weighted by Gasteiger charge is -2.23. The van der Waals surface area contributed by atoms with Crippen LogP contribution in [0.15, 0.2) is 42.6 Å². The molecule has 0 atom stereocenters. The minimum Gasteiger partial charge on any atom is -0.396 e. The zero-order chi connectivity index (χ0) is 12.3. The molecule has 0 aliphatic rings. The molecule has 17 heavy (non-hydrogen) atoms. The van der Waals surface area contributed by atoms with Crippen molar-refractivity contribution in [1.82, 2.24) is 4.98 Å². The maximum Gasteiger partial charge on any atom is 0.156 e. The zero-order valence-electron chi connectivity index (χ0n) is 9.60. The highest BCUT2D eigenvalue weighted by atomic mass is 19.1. The molecule has 0 bridgehead atoms. The molecule has 0 aliphatic carbocycles. The lowest BCUT2D eigenvalue weighted by molar-refractivity contribution is 0.627. The average molecular weight is 231 g/mol. The maximum absolute atomic E-state index is 13.2. The number of pyridine rings is 1. The normalized spacial score (nSPS) is 10.2. The number of hydrogen-bond donors (Lipinski definition) is 1. The first-order chi connectivity index (χ1) is 8.22. The number of nitrogen functional groups attached to an aromatic ring is 1. The van der Waals surface area contributed by atoms with Gasteiger partial charge in [-0.25, -0.2) is 9.37 Å². The van der Waals surface area contributed by atoms with Crippen molar-refractivity contribution < 1.29 is 4.39 Å². The first-order valence-electron chi connectivity index (χ1n) is 5.46. The van der Waals surface area contributed by atoms with Gasteiger partial charge in [-0.3, -0.25) is 0 Å². The van der Waals surface area contributed by atoms with Crippen LogP contribution >= 0.6 is 0 Å². The summed E-state index contributed by atoms with van der Waals surface area (Å²) in [6.45, 7) is 2.64. The molecular weight excluding hydrogens is 217 g/mol. The number of benzene rings is 1. The fraction of sp³-hybridized carbons (Fsp3) is 0.154. The van der Waals surface area contributed by atoms with E-state index in [1.165, 1.54) is 12.1 Å². The van der Waals surface area contributed by atoms with Gasteiger partial charge < -0.3 is 10.6 Å². The average Bonchev–Trinajstić information content (AvgIpc) is 2.33. The number of aromatic nitrogens is 1. The first kappa shape index (κ1) is 11.4. The third-order valence-corrected chi connectivity index (χ3v) is 2.51. The Balaban J connectivity index is 2.44. The largest absolute Gasteiger partial charge is 0.396 e. The van der Waals surface area contributed by atoms with Crippen molar-refractivity contribution in [3.05, 3.63) is 48.4 Å². The molecule has 0 amide bonds. The summed E-state index contributed by atoms with van der Waals surface area (Å²) in [6, 6.07) is 9.95. The van der Waals surface area contributed by atoms with Crippen LogP contribution in [0.2, 0.25) is 0 Å². The lowest BCUT2D eigenvalue weighted by Crippen LogP contribution is -2.18. The molecule has 0 fully saturated rings. The lowest BCUT2D eigenvalue weighted by atomic mass is 10.2. The number of nitrogens with two attached hydrogens (primary N) is 1. The van der Waals surface area contributed by atoms with Crippen LogP contribution in [0.3, 0.4) is 0 Å². The highest BCUT2D eigenvalue weighted by molar-refractivity contribution is 5.70. The third kappa shape index (κ3) is 2.36. The van der Waals surface area contributed by atoms with Crippen LogP contribution < -0.4 is 10.6 Å². The van der Waals surface area contributed by atoms with Gasteiger partial charge in [-0.05, 0) is 37.3 Å². The van der Waals surface area contributed by atoms with Crippen molar-refractivity contribution >= 4 is 17.2 Å². The predicted molar refractivity (Wildman–Crippen MR) is 67.7 cm³/mol. The Morgan fingerprint density at radius 3 is 2.76 bits per heavy atom. The fourth-order valence-electron chi connectivity index (χ4n) is 1.73. The molecule has 2 N–H and O–H groups in total. The van der Waals surface area contributed by atoms with E-state index in [0.717, 1.165) is 5.69 Å². The Morgan fingerprint density at radius 1 is 1.29 bits per heavy atom. The van der Waals surface area contributed by atoms with Crippen LogP contribution in [0.25, 0.3) is 0 Å². The summed E-state index contributed by atoms with van der Waals surface area (Å²) < 4.78 is 13.2. The van der Waals surface area contributed by atoms with E-state index in [2.05, 4.69) is 4.98 Å². The van der Waals surface area contributed by atoms with E-state index >= 15 is 0 Å². The molecule has 1 aromatic heterocycles. The number of hydrogen-bond acceptors (Lipinski definition) is 3. The van der Waals surface area contributed by atoms with Crippen LogP contribution in [0.5, 0.6) is 0 Å². The number of nitrogens with zero attached hydrogens (tertiary/aromatic N) is 2. The van der Waals surface area contributed by atoms with Gasteiger partial charge in [0.15, 0.2) is 5.82 Å². The quantitative estimate of drug-likeness (QED) is 0.883. The minimum atomic E-state index is -0.268. The highest BCUT2D eigenvalue weighted by Gasteiger charge is 2.11. The van der Waals surface area contributed by atoms with Crippen LogP contribution in [0, 0.1) is 5.82 Å². The van der Waals surface area contributed by atoms with E-state index in [1.54, 1.807) is 24.4 Å². The molecule has 0 saturated carbocycles. The molecule has 2 rings (SSSR count). The van der Waals surface area contributed by atoms with E-state index in [9.17, 15) is 4.39 Å². The predicted octanol–water partition coefficient (Wildman–Crippen LogP) is 2.96. The van der Waals surface area contributed by atoms with E-state index in [0.29, 0.717) is 18.1 Å². The Kier molecular flexibility index (Phi) is 3.23. The van der Waals surface area contributed by atoms with Crippen molar-refractivity contribution in [2.24, 2.45) is 0 Å². The molecule has 1 heterocycles. The summed E-state index contributed by atoms with van der Waals surface area (Å²) >= 11 is 0. The minimum absolute atomic E-state index is 0.268. The van der Waals surface area contributed by atoms with Crippen molar-refractivity contribution in [2.45, 2.75) is 6.92 Å². The van der Waals surface area contributed by atoms with Gasteiger partial charge in [0.05, 0.1) is 5.69 Å². The van der Waals surface area contributed by atoms with Gasteiger partial charge in [0, 0.05) is 18.4 Å². The third-order valence-electron chi connectivity index (χ3n) is 2.51. The van der Waals surface area contributed by atoms with Crippen LogP contribution in [0.4, 0.5) is 21.6 Å². The topological polar surface area (TPSA) is 42.2 Å². The van der Waals surface area contributed by atoms with Crippen molar-refractivity contribution in [1.29, 1.82) is 0 Å². The summed E-state index contributed by atoms with van der Waals surface area (Å²) in [4.78, 5) is 6.11. The molecule has 88 valence electrons. The fourth-order valence-corrected chi connectivity index (χ4v) is 1.73. The molecule has 2 aromatic rings. The molecule has 0 unspecified atom stereocenters. The van der Waals surface area contributed by atoms with Gasteiger partial charge in [-0.15, -0.1) is 0 Å². The van der Waals surface area contributed by atoms with Crippen LogP contribution in [-0.4, -0.2) is 11.5 Å². The summed E-state index contributed by atoms with van der Waals surface area (Å²) in [5, 5.41) is 0. The van der Waals surface area contributed by atoms with Crippen LogP contribution in [-0.2, 0) is 0 Å². The van der Waals surface area contributed by atoms with E-state index in [1.807, 2.05) is 17.9 Å². The Bertz CT molecular complexity index is 514. The van der Waals surface area contributed by atoms with Gasteiger partial charge in [0.2, 0.25) is 0 Å². The summed E-state index contributed by atoms with van der Waals surface area (Å²) in [6.07, 6.45) is 1.67. The van der Waals surface area contributed by atoms with Crippen molar-refractivity contribution in [2.75, 3.05) is 17.2 Å². The Hall–Kier alpha value is -2.10. The highest BCUT2D eigenvalue weighted by Crippen LogP contribution is 2.27. The maximum atomic E-state index is 13.2. The zero-order valence-corrected chi connectivity index (χ0v) is 9.60. The molecule has 4 heteroatoms. The molecular formula is C13H14FN3. The summed E-state index contributed by atoms with van der Waals surface area (Å²) in [5.74, 6) is 0.385. The molecule has 0 aliphatic heterocycles. The standard InChI is InChI=1S/C13H14FN3/c1-2-17(11-6-3-5-10(14)9-11)13-12(15)7-4-8-16-13/h3-9H,2,15H2,1H3. The second-order valence-corrected chi connectivity index (χ2v) is 3.64. The van der Waals surface area contributed by atoms with Crippen molar-refractivity contribution in [3.63, 3.8) is 0 Å². The van der Waals surface area contributed by atoms with Gasteiger partial charge in [0.1, 0.15) is 5.82 Å². The van der Waals surface area contributed by atoms with Crippen molar-refractivity contribution in [3.8, 4) is 0 Å². The number of anilines is 3. The number of halogens is 1. The van der Waals surface area contributed by atoms with Gasteiger partial charge in [-0.2, -0.15) is 0 Å². The second-order valence-electron chi connectivity index (χ2n) is 3.64. The Labute approximate surface area is 99.7 Å². The Morgan fingerprint density at radius 2 is 2.12 bits per heavy atom. The SMILES string of the molecule is CCN(c1cccc(F)c1)c1ncccc1N.